The van der Waals surface area contributed by atoms with Crippen LogP contribution in [-0.4, -0.2) is 53.4 Å². The molecule has 1 unspecified atom stereocenters. The first-order valence-corrected chi connectivity index (χ1v) is 13.5. The van der Waals surface area contributed by atoms with Crippen LogP contribution in [0.1, 0.15) is 38.0 Å². The molecule has 1 atom stereocenters. The predicted octanol–water partition coefficient (Wildman–Crippen LogP) is 7.18. The van der Waals surface area contributed by atoms with E-state index in [1.165, 1.54) is 0 Å². The van der Waals surface area contributed by atoms with E-state index in [-0.39, 0.29) is 52.6 Å². The highest BCUT2D eigenvalue weighted by molar-refractivity contribution is 6.39. The average molecular weight is 701 g/mol. The summed E-state index contributed by atoms with van der Waals surface area (Å²) in [4.78, 5) is 49.4. The molecule has 0 aliphatic rings. The zero-order valence-electron chi connectivity index (χ0n) is 20.9. The largest absolute Gasteiger partial charge is 0.505 e. The third-order valence-electron chi connectivity index (χ3n) is 5.06. The molecule has 42 heavy (non-hydrogen) atoms. The standard InChI is InChI=1S/C26H16Cl6O10/c1-10(33)41-23-19(31)6-12(7-20(23)32)25(37)40-9-14(42-26(38)13-4-17(29)22(35)18(30)5-13)8-39-24(36)11-2-15(27)21(34)16(28)3-11/h2-7,14,34-35H,8-9H2,1H3. The minimum atomic E-state index is -1.40. The van der Waals surface area contributed by atoms with E-state index in [2.05, 4.69) is 0 Å². The van der Waals surface area contributed by atoms with Gasteiger partial charge in [0.2, 0.25) is 0 Å². The summed E-state index contributed by atoms with van der Waals surface area (Å²) in [6, 6.07) is 6.62. The van der Waals surface area contributed by atoms with Crippen molar-refractivity contribution in [2.45, 2.75) is 13.0 Å². The van der Waals surface area contributed by atoms with Crippen LogP contribution in [0.2, 0.25) is 30.1 Å². The SMILES string of the molecule is CC(=O)Oc1c(Cl)cc(C(=O)OCC(COC(=O)c2cc(Cl)c(O)c(Cl)c2)OC(=O)c2cc(Cl)c(O)c(Cl)c2)cc1Cl. The van der Waals surface area contributed by atoms with Crippen LogP contribution in [0.25, 0.3) is 0 Å². The van der Waals surface area contributed by atoms with Crippen LogP contribution in [-0.2, 0) is 19.0 Å². The second kappa shape index (κ2) is 14.4. The number of halogens is 6. The molecular formula is C26H16Cl6O10. The molecule has 0 radical (unpaired) electrons. The van der Waals surface area contributed by atoms with E-state index < -0.39 is 54.7 Å². The molecule has 0 saturated carbocycles. The highest BCUT2D eigenvalue weighted by atomic mass is 35.5. The molecule has 3 aromatic carbocycles. The maximum atomic E-state index is 12.8. The molecule has 2 N–H and O–H groups in total. The van der Waals surface area contributed by atoms with Crippen LogP contribution >= 0.6 is 69.6 Å². The number of benzene rings is 3. The molecule has 0 aromatic heterocycles. The van der Waals surface area contributed by atoms with Gasteiger partial charge in [-0.25, -0.2) is 14.4 Å². The van der Waals surface area contributed by atoms with E-state index >= 15 is 0 Å². The second-order valence-electron chi connectivity index (χ2n) is 8.16. The Kier molecular flexibility index (Phi) is 11.4. The van der Waals surface area contributed by atoms with Crippen molar-refractivity contribution >= 4 is 93.5 Å². The third-order valence-corrected chi connectivity index (χ3v) is 6.77. The quantitative estimate of drug-likeness (QED) is 0.134. The summed E-state index contributed by atoms with van der Waals surface area (Å²) < 4.78 is 20.6. The number of esters is 4. The molecule has 3 aromatic rings. The van der Waals surface area contributed by atoms with Crippen molar-refractivity contribution < 1.29 is 48.3 Å². The fourth-order valence-corrected chi connectivity index (χ4v) is 4.66. The van der Waals surface area contributed by atoms with Crippen molar-refractivity contribution in [3.8, 4) is 17.2 Å². The highest BCUT2D eigenvalue weighted by Crippen LogP contribution is 2.36. The summed E-state index contributed by atoms with van der Waals surface area (Å²) in [5.74, 6) is -4.74. The number of aromatic hydroxyl groups is 2. The number of carbonyl (C=O) groups excluding carboxylic acids is 4. The molecule has 0 fully saturated rings. The number of phenolic OH excluding ortho intramolecular Hbond substituents is 2. The van der Waals surface area contributed by atoms with Crippen LogP contribution in [0.15, 0.2) is 36.4 Å². The van der Waals surface area contributed by atoms with Gasteiger partial charge in [0.05, 0.1) is 46.8 Å². The van der Waals surface area contributed by atoms with Crippen molar-refractivity contribution in [2.24, 2.45) is 0 Å². The Hall–Kier alpha value is -3.12. The number of ether oxygens (including phenoxy) is 4. The molecule has 0 amide bonds. The Bertz CT molecular complexity index is 1510. The Balaban J connectivity index is 1.79. The maximum Gasteiger partial charge on any atom is 0.338 e. The molecule has 10 nitrogen and oxygen atoms in total. The zero-order valence-corrected chi connectivity index (χ0v) is 25.4. The summed E-state index contributed by atoms with van der Waals surface area (Å²) in [7, 11) is 0. The first kappa shape index (κ1) is 33.4. The van der Waals surface area contributed by atoms with Gasteiger partial charge >= 0.3 is 23.9 Å². The topological polar surface area (TPSA) is 146 Å². The average Bonchev–Trinajstić information content (AvgIpc) is 2.92. The minimum Gasteiger partial charge on any atom is -0.505 e. The Morgan fingerprint density at radius 3 is 1.31 bits per heavy atom. The van der Waals surface area contributed by atoms with Crippen LogP contribution in [0.4, 0.5) is 0 Å². The number of rotatable bonds is 9. The molecule has 16 heteroatoms. The van der Waals surface area contributed by atoms with Gasteiger partial charge in [-0.2, -0.15) is 0 Å². The predicted molar refractivity (Wildman–Crippen MR) is 154 cm³/mol. The van der Waals surface area contributed by atoms with Gasteiger partial charge in [-0.05, 0) is 36.4 Å². The smallest absolute Gasteiger partial charge is 0.338 e. The van der Waals surface area contributed by atoms with Crippen molar-refractivity contribution in [1.29, 1.82) is 0 Å². The van der Waals surface area contributed by atoms with E-state index in [9.17, 15) is 29.4 Å². The summed E-state index contributed by atoms with van der Waals surface area (Å²) in [5.41, 5.74) is -0.463. The van der Waals surface area contributed by atoms with Gasteiger partial charge in [-0.3, -0.25) is 4.79 Å². The number of hydrogen-bond donors (Lipinski definition) is 2. The monoisotopic (exact) mass is 698 g/mol. The molecule has 0 saturated heterocycles. The Morgan fingerprint density at radius 1 is 0.619 bits per heavy atom. The number of phenols is 2. The molecule has 0 bridgehead atoms. The molecule has 222 valence electrons. The molecule has 0 spiro atoms. The number of carbonyl (C=O) groups is 4. The van der Waals surface area contributed by atoms with Crippen LogP contribution in [0, 0.1) is 0 Å². The van der Waals surface area contributed by atoms with Crippen molar-refractivity contribution in [1.82, 2.24) is 0 Å². The summed E-state index contributed by atoms with van der Waals surface area (Å²) >= 11 is 35.6. The van der Waals surface area contributed by atoms with E-state index in [1.54, 1.807) is 0 Å². The van der Waals surface area contributed by atoms with Crippen LogP contribution < -0.4 is 4.74 Å². The van der Waals surface area contributed by atoms with Gasteiger partial charge in [0.25, 0.3) is 0 Å². The van der Waals surface area contributed by atoms with Gasteiger partial charge in [0.15, 0.2) is 23.4 Å². The summed E-state index contributed by atoms with van der Waals surface area (Å²) in [5, 5.41) is 18.2. The molecule has 0 aliphatic carbocycles. The van der Waals surface area contributed by atoms with Crippen LogP contribution in [0.3, 0.4) is 0 Å². The van der Waals surface area contributed by atoms with Gasteiger partial charge in [-0.15, -0.1) is 0 Å². The van der Waals surface area contributed by atoms with Gasteiger partial charge in [-0.1, -0.05) is 69.6 Å². The first-order chi connectivity index (χ1) is 19.7. The van der Waals surface area contributed by atoms with Crippen molar-refractivity contribution in [3.05, 3.63) is 83.2 Å². The molecular weight excluding hydrogens is 685 g/mol. The van der Waals surface area contributed by atoms with Crippen molar-refractivity contribution in [2.75, 3.05) is 13.2 Å². The van der Waals surface area contributed by atoms with Gasteiger partial charge in [0, 0.05) is 6.92 Å². The van der Waals surface area contributed by atoms with E-state index in [0.717, 1.165) is 43.3 Å². The first-order valence-electron chi connectivity index (χ1n) is 11.3. The molecule has 0 aliphatic heterocycles. The fourth-order valence-electron chi connectivity index (χ4n) is 3.13. The minimum absolute atomic E-state index is 0.140. The Morgan fingerprint density at radius 2 is 0.952 bits per heavy atom. The van der Waals surface area contributed by atoms with E-state index in [4.69, 9.17) is 88.6 Å². The van der Waals surface area contributed by atoms with Crippen LogP contribution in [0.5, 0.6) is 17.2 Å². The zero-order chi connectivity index (χ0) is 31.3. The van der Waals surface area contributed by atoms with E-state index in [0.29, 0.717) is 0 Å². The van der Waals surface area contributed by atoms with Gasteiger partial charge in [0.1, 0.15) is 13.2 Å². The molecule has 0 heterocycles. The maximum absolute atomic E-state index is 12.8. The van der Waals surface area contributed by atoms with E-state index in [1.807, 2.05) is 0 Å². The lowest BCUT2D eigenvalue weighted by molar-refractivity contribution is -0.131. The van der Waals surface area contributed by atoms with Crippen molar-refractivity contribution in [3.63, 3.8) is 0 Å². The Labute approximate surface area is 267 Å². The third kappa shape index (κ3) is 8.47. The lowest BCUT2D eigenvalue weighted by Gasteiger charge is -2.19. The fraction of sp³-hybridized carbons (Fsp3) is 0.154. The molecule has 3 rings (SSSR count). The van der Waals surface area contributed by atoms with Gasteiger partial charge < -0.3 is 29.2 Å². The number of hydrogen-bond acceptors (Lipinski definition) is 10. The lowest BCUT2D eigenvalue weighted by atomic mass is 10.2. The summed E-state index contributed by atoms with van der Waals surface area (Å²) in [6.07, 6.45) is -1.40. The summed E-state index contributed by atoms with van der Waals surface area (Å²) in [6.45, 7) is -0.149. The lowest BCUT2D eigenvalue weighted by Crippen LogP contribution is -2.31. The normalized spacial score (nSPS) is 11.4. The highest BCUT2D eigenvalue weighted by Gasteiger charge is 2.24. The second-order valence-corrected chi connectivity index (χ2v) is 10.6.